The van der Waals surface area contributed by atoms with Crippen molar-refractivity contribution < 1.29 is 19.0 Å². The maximum atomic E-state index is 14.3. The molecule has 0 fully saturated rings. The Kier molecular flexibility index (Phi) is 11.0. The van der Waals surface area contributed by atoms with Crippen molar-refractivity contribution in [1.29, 1.82) is 0 Å². The molecule has 4 aromatic carbocycles. The molecule has 6 rings (SSSR count). The van der Waals surface area contributed by atoms with Gasteiger partial charge in [-0.25, -0.2) is 9.79 Å². The first-order valence-electron chi connectivity index (χ1n) is 15.2. The summed E-state index contributed by atoms with van der Waals surface area (Å²) in [7, 11) is 0. The molecular weight excluding hydrogens is 874 g/mol. The van der Waals surface area contributed by atoms with Crippen molar-refractivity contribution >= 4 is 85.9 Å². The van der Waals surface area contributed by atoms with Gasteiger partial charge in [-0.15, -0.1) is 0 Å². The predicted octanol–water partition coefficient (Wildman–Crippen LogP) is 7.78. The summed E-state index contributed by atoms with van der Waals surface area (Å²) in [4.78, 5) is 33.5. The number of rotatable bonds is 10. The minimum Gasteiger partial charge on any atom is -0.494 e. The van der Waals surface area contributed by atoms with Crippen LogP contribution in [0.3, 0.4) is 0 Å². The highest BCUT2D eigenvalue weighted by Gasteiger charge is 2.35. The lowest BCUT2D eigenvalue weighted by molar-refractivity contribution is -0.138. The van der Waals surface area contributed by atoms with Crippen LogP contribution < -0.4 is 24.4 Å². The monoisotopic (exact) mass is 902 g/mol. The summed E-state index contributed by atoms with van der Waals surface area (Å²) in [6.07, 6.45) is 1.86. The Hall–Kier alpha value is -3.46. The van der Waals surface area contributed by atoms with E-state index < -0.39 is 12.0 Å². The molecular formula is C37H29ClI2N2O5S. The Labute approximate surface area is 313 Å². The Morgan fingerprint density at radius 3 is 2.29 bits per heavy atom. The number of thiazole rings is 1. The normalized spacial score (nSPS) is 14.4. The van der Waals surface area contributed by atoms with Crippen LogP contribution in [0.15, 0.2) is 106 Å². The molecule has 1 aliphatic rings. The zero-order chi connectivity index (χ0) is 33.8. The van der Waals surface area contributed by atoms with Crippen molar-refractivity contribution in [3.05, 3.63) is 151 Å². The number of nitrogens with zero attached hydrogens (tertiary/aromatic N) is 2. The van der Waals surface area contributed by atoms with Crippen molar-refractivity contribution in [1.82, 2.24) is 4.57 Å². The van der Waals surface area contributed by atoms with E-state index in [1.54, 1.807) is 11.5 Å². The maximum Gasteiger partial charge on any atom is 0.338 e. The first kappa shape index (κ1) is 34.4. The lowest BCUT2D eigenvalue weighted by atomic mass is 9.93. The van der Waals surface area contributed by atoms with E-state index in [2.05, 4.69) is 45.2 Å². The summed E-state index contributed by atoms with van der Waals surface area (Å²) < 4.78 is 21.3. The number of fused-ring (bicyclic) bond motifs is 1. The van der Waals surface area contributed by atoms with Crippen LogP contribution in [0.1, 0.15) is 42.1 Å². The summed E-state index contributed by atoms with van der Waals surface area (Å²) in [6, 6.07) is 27.7. The minimum absolute atomic E-state index is 0.181. The highest BCUT2D eigenvalue weighted by molar-refractivity contribution is 14.1. The van der Waals surface area contributed by atoms with Gasteiger partial charge in [0.15, 0.2) is 4.80 Å². The molecule has 0 bridgehead atoms. The van der Waals surface area contributed by atoms with E-state index in [0.717, 1.165) is 35.1 Å². The topological polar surface area (TPSA) is 79.1 Å². The SMILES string of the molecule is CCOC(=O)C1=C(c2ccccc2)N=c2s/c(=C\c3cc(I)c(OCc4ccccc4Cl)c(I)c3)c(=O)n2[C@H]1c1ccc(OCC)cc1. The molecule has 5 aromatic rings. The van der Waals surface area contributed by atoms with E-state index >= 15 is 0 Å². The molecule has 1 aromatic heterocycles. The molecule has 1 aliphatic heterocycles. The highest BCUT2D eigenvalue weighted by atomic mass is 127. The van der Waals surface area contributed by atoms with E-state index in [4.69, 9.17) is 30.8 Å². The third-order valence-electron chi connectivity index (χ3n) is 7.53. The fraction of sp³-hybridized carbons (Fsp3) is 0.162. The third kappa shape index (κ3) is 7.26. The average Bonchev–Trinajstić information content (AvgIpc) is 3.39. The fourth-order valence-corrected chi connectivity index (χ4v) is 8.71. The lowest BCUT2D eigenvalue weighted by Gasteiger charge is -2.26. The zero-order valence-corrected chi connectivity index (χ0v) is 31.8. The molecule has 0 N–H and O–H groups in total. The third-order valence-corrected chi connectivity index (χ3v) is 10.5. The molecule has 2 heterocycles. The molecule has 0 unspecified atom stereocenters. The van der Waals surface area contributed by atoms with Crippen LogP contribution in [0.5, 0.6) is 11.5 Å². The van der Waals surface area contributed by atoms with Gasteiger partial charge in [0, 0.05) is 16.1 Å². The Balaban J connectivity index is 1.48. The quantitative estimate of drug-likeness (QED) is 0.106. The summed E-state index contributed by atoms with van der Waals surface area (Å²) in [5.41, 5.74) is 3.75. The van der Waals surface area contributed by atoms with Crippen LogP contribution >= 0.6 is 68.1 Å². The second kappa shape index (κ2) is 15.4. The minimum atomic E-state index is -0.769. The van der Waals surface area contributed by atoms with Crippen molar-refractivity contribution in [2.45, 2.75) is 26.5 Å². The van der Waals surface area contributed by atoms with Gasteiger partial charge < -0.3 is 14.2 Å². The van der Waals surface area contributed by atoms with Crippen molar-refractivity contribution in [3.63, 3.8) is 0 Å². The summed E-state index contributed by atoms with van der Waals surface area (Å²) in [6.45, 7) is 4.72. The standard InChI is InChI=1S/C37H29ClI2N2O5S/c1-3-45-26-16-14-24(15-17-26)33-31(36(44)46-4-2)32(23-10-6-5-7-11-23)41-37-42(33)35(43)30(48-37)20-22-18-28(39)34(29(40)19-22)47-21-25-12-8-9-13-27(25)38/h5-20,33H,3-4,21H2,1-2H3/b30-20-/t33-/m0/s1. The molecule has 7 nitrogen and oxygen atoms in total. The maximum absolute atomic E-state index is 14.3. The van der Waals surface area contributed by atoms with Gasteiger partial charge in [-0.1, -0.05) is 83.6 Å². The molecule has 11 heteroatoms. The molecule has 0 radical (unpaired) electrons. The van der Waals surface area contributed by atoms with Gasteiger partial charge in [0.1, 0.15) is 18.1 Å². The summed E-state index contributed by atoms with van der Waals surface area (Å²) in [5.74, 6) is 0.920. The van der Waals surface area contributed by atoms with E-state index in [9.17, 15) is 9.59 Å². The Bertz CT molecular complexity index is 2170. The molecule has 48 heavy (non-hydrogen) atoms. The predicted molar refractivity (Wildman–Crippen MR) is 206 cm³/mol. The second-order valence-corrected chi connectivity index (χ2v) is 14.4. The van der Waals surface area contributed by atoms with Gasteiger partial charge in [0.2, 0.25) is 0 Å². The van der Waals surface area contributed by atoms with Crippen LogP contribution in [0, 0.1) is 7.14 Å². The Morgan fingerprint density at radius 1 is 0.938 bits per heavy atom. The van der Waals surface area contributed by atoms with Gasteiger partial charge in [0.05, 0.1) is 42.2 Å². The number of carbonyl (C=O) groups is 1. The van der Waals surface area contributed by atoms with Gasteiger partial charge in [-0.05, 0) is 107 Å². The van der Waals surface area contributed by atoms with Gasteiger partial charge in [0.25, 0.3) is 5.56 Å². The smallest absolute Gasteiger partial charge is 0.338 e. The number of benzene rings is 4. The van der Waals surface area contributed by atoms with E-state index in [1.807, 2.05) is 104 Å². The molecule has 0 saturated heterocycles. The van der Waals surface area contributed by atoms with Gasteiger partial charge >= 0.3 is 5.97 Å². The molecule has 0 amide bonds. The number of esters is 1. The number of aromatic nitrogens is 1. The molecule has 0 aliphatic carbocycles. The molecule has 0 saturated carbocycles. The van der Waals surface area contributed by atoms with E-state index in [0.29, 0.717) is 44.6 Å². The molecule has 1 atom stereocenters. The van der Waals surface area contributed by atoms with Crippen molar-refractivity contribution in [2.24, 2.45) is 4.99 Å². The van der Waals surface area contributed by atoms with E-state index in [-0.39, 0.29) is 12.2 Å². The summed E-state index contributed by atoms with van der Waals surface area (Å²) in [5, 5.41) is 0.652. The average molecular weight is 903 g/mol. The number of hydrogen-bond acceptors (Lipinski definition) is 7. The highest BCUT2D eigenvalue weighted by Crippen LogP contribution is 2.36. The first-order chi connectivity index (χ1) is 23.3. The number of ether oxygens (including phenoxy) is 3. The van der Waals surface area contributed by atoms with Gasteiger partial charge in [-0.3, -0.25) is 9.36 Å². The second-order valence-electron chi connectivity index (χ2n) is 10.6. The zero-order valence-electron chi connectivity index (χ0n) is 25.9. The lowest BCUT2D eigenvalue weighted by Crippen LogP contribution is -2.40. The molecule has 244 valence electrons. The van der Waals surface area contributed by atoms with Crippen LogP contribution in [0.2, 0.25) is 5.02 Å². The van der Waals surface area contributed by atoms with Crippen molar-refractivity contribution in [2.75, 3.05) is 13.2 Å². The van der Waals surface area contributed by atoms with Crippen LogP contribution in [0.4, 0.5) is 0 Å². The van der Waals surface area contributed by atoms with Crippen LogP contribution in [-0.4, -0.2) is 23.8 Å². The fourth-order valence-electron chi connectivity index (χ4n) is 5.39. The largest absolute Gasteiger partial charge is 0.494 e. The molecule has 0 spiro atoms. The van der Waals surface area contributed by atoms with Crippen LogP contribution in [-0.2, 0) is 16.1 Å². The van der Waals surface area contributed by atoms with E-state index in [1.165, 1.54) is 11.3 Å². The van der Waals surface area contributed by atoms with Crippen molar-refractivity contribution in [3.8, 4) is 11.5 Å². The first-order valence-corrected chi connectivity index (χ1v) is 18.5. The Morgan fingerprint density at radius 2 is 1.62 bits per heavy atom. The number of hydrogen-bond donors (Lipinski definition) is 0. The summed E-state index contributed by atoms with van der Waals surface area (Å²) >= 11 is 12.1. The number of halogens is 3. The van der Waals surface area contributed by atoms with Crippen LogP contribution in [0.25, 0.3) is 11.8 Å². The number of carbonyl (C=O) groups excluding carboxylic acids is 1. The van der Waals surface area contributed by atoms with Gasteiger partial charge in [-0.2, -0.15) is 0 Å².